The molecule has 0 radical (unpaired) electrons. The first-order valence-corrected chi connectivity index (χ1v) is 9.92. The number of hydrogen-bond donors (Lipinski definition) is 0. The lowest BCUT2D eigenvalue weighted by atomic mass is 9.78. The zero-order chi connectivity index (χ0) is 16.8. The molecule has 1 aromatic carbocycles. The molecule has 1 fully saturated rings. The van der Waals surface area contributed by atoms with Crippen LogP contribution < -0.4 is 0 Å². The molecule has 4 nitrogen and oxygen atoms in total. The van der Waals surface area contributed by atoms with Gasteiger partial charge >= 0.3 is 0 Å². The number of hydrogen-bond acceptors (Lipinski definition) is 4. The van der Waals surface area contributed by atoms with Crippen molar-refractivity contribution in [1.82, 2.24) is 0 Å². The maximum Gasteiger partial charge on any atom is 0.296 e. The van der Waals surface area contributed by atoms with Crippen LogP contribution in [0.1, 0.15) is 51.0 Å². The molecule has 1 aliphatic heterocycles. The lowest BCUT2D eigenvalue weighted by molar-refractivity contribution is -0.120. The molecule has 0 aromatic heterocycles. The fourth-order valence-electron chi connectivity index (χ4n) is 2.81. The topological polar surface area (TPSA) is 52.6 Å². The van der Waals surface area contributed by atoms with E-state index in [2.05, 4.69) is 6.92 Å². The lowest BCUT2D eigenvalue weighted by Crippen LogP contribution is -2.41. The minimum Gasteiger partial charge on any atom is -0.380 e. The molecular weight excluding hydrogens is 312 g/mol. The number of ether oxygens (including phenoxy) is 1. The molecule has 0 N–H and O–H groups in total. The normalized spacial score (nSPS) is 17.0. The monoisotopic (exact) mass is 340 g/mol. The van der Waals surface area contributed by atoms with E-state index in [1.54, 1.807) is 24.3 Å². The lowest BCUT2D eigenvalue weighted by Gasteiger charge is -2.41. The summed E-state index contributed by atoms with van der Waals surface area (Å²) in [5.41, 5.74) is 1.45. The zero-order valence-corrected chi connectivity index (χ0v) is 15.0. The number of rotatable bonds is 10. The number of benzene rings is 1. The van der Waals surface area contributed by atoms with Crippen LogP contribution in [0.2, 0.25) is 0 Å². The predicted octanol–water partition coefficient (Wildman–Crippen LogP) is 4.08. The fourth-order valence-corrected chi connectivity index (χ4v) is 3.76. The molecule has 23 heavy (non-hydrogen) atoms. The van der Waals surface area contributed by atoms with Gasteiger partial charge in [0.05, 0.1) is 24.7 Å². The molecule has 5 heteroatoms. The Kier molecular flexibility index (Phi) is 6.62. The van der Waals surface area contributed by atoms with Crippen LogP contribution in [0.3, 0.4) is 0 Å². The smallest absolute Gasteiger partial charge is 0.296 e. The SMILES string of the molecule is CCC1(CCCCCCOS(=O)(=O)c2ccc(C)cc2)COC1. The van der Waals surface area contributed by atoms with Crippen molar-refractivity contribution in [3.05, 3.63) is 29.8 Å². The third-order valence-corrected chi connectivity index (χ3v) is 6.04. The summed E-state index contributed by atoms with van der Waals surface area (Å²) >= 11 is 0. The van der Waals surface area contributed by atoms with Crippen molar-refractivity contribution in [2.24, 2.45) is 5.41 Å². The maximum atomic E-state index is 12.0. The summed E-state index contributed by atoms with van der Waals surface area (Å²) in [5, 5.41) is 0. The molecule has 0 spiro atoms. The van der Waals surface area contributed by atoms with Crippen LogP contribution in [0.4, 0.5) is 0 Å². The molecule has 1 aromatic rings. The average Bonchev–Trinajstić information content (AvgIpc) is 2.49. The predicted molar refractivity (Wildman–Crippen MR) is 90.9 cm³/mol. The van der Waals surface area contributed by atoms with Gasteiger partial charge in [0, 0.05) is 5.41 Å². The summed E-state index contributed by atoms with van der Waals surface area (Å²) in [6.45, 7) is 6.23. The Balaban J connectivity index is 1.60. The van der Waals surface area contributed by atoms with Gasteiger partial charge in [-0.25, -0.2) is 0 Å². The van der Waals surface area contributed by atoms with E-state index in [1.165, 1.54) is 19.3 Å². The quantitative estimate of drug-likeness (QED) is 0.476. The van der Waals surface area contributed by atoms with Crippen molar-refractivity contribution in [2.75, 3.05) is 19.8 Å². The molecule has 1 heterocycles. The van der Waals surface area contributed by atoms with Gasteiger partial charge in [0.2, 0.25) is 0 Å². The highest BCUT2D eigenvalue weighted by Gasteiger charge is 2.35. The maximum absolute atomic E-state index is 12.0. The van der Waals surface area contributed by atoms with Gasteiger partial charge in [-0.1, -0.05) is 43.9 Å². The molecule has 2 rings (SSSR count). The van der Waals surface area contributed by atoms with Crippen LogP contribution >= 0.6 is 0 Å². The molecule has 0 atom stereocenters. The Morgan fingerprint density at radius 2 is 1.74 bits per heavy atom. The van der Waals surface area contributed by atoms with Gasteiger partial charge in [0.25, 0.3) is 10.1 Å². The van der Waals surface area contributed by atoms with E-state index in [-0.39, 0.29) is 11.5 Å². The third-order valence-electron chi connectivity index (χ3n) is 4.72. The molecule has 130 valence electrons. The fraction of sp³-hybridized carbons (Fsp3) is 0.667. The van der Waals surface area contributed by atoms with Crippen molar-refractivity contribution < 1.29 is 17.3 Å². The van der Waals surface area contributed by atoms with Crippen LogP contribution in [0.5, 0.6) is 0 Å². The number of unbranched alkanes of at least 4 members (excludes halogenated alkanes) is 3. The first-order valence-electron chi connectivity index (χ1n) is 8.51. The van der Waals surface area contributed by atoms with E-state index in [0.717, 1.165) is 38.0 Å². The van der Waals surface area contributed by atoms with Gasteiger partial charge in [0.15, 0.2) is 0 Å². The summed E-state index contributed by atoms with van der Waals surface area (Å²) in [6, 6.07) is 6.75. The molecule has 0 unspecified atom stereocenters. The van der Waals surface area contributed by atoms with Crippen LogP contribution in [0.25, 0.3) is 0 Å². The highest BCUT2D eigenvalue weighted by molar-refractivity contribution is 7.86. The molecule has 1 saturated heterocycles. The average molecular weight is 340 g/mol. The summed E-state index contributed by atoms with van der Waals surface area (Å²) < 4.78 is 34.5. The molecular formula is C18H28O4S. The van der Waals surface area contributed by atoms with E-state index in [0.29, 0.717) is 5.41 Å². The van der Waals surface area contributed by atoms with E-state index in [4.69, 9.17) is 8.92 Å². The van der Waals surface area contributed by atoms with Crippen LogP contribution in [-0.4, -0.2) is 28.2 Å². The van der Waals surface area contributed by atoms with Gasteiger partial charge in [-0.3, -0.25) is 4.18 Å². The van der Waals surface area contributed by atoms with Crippen molar-refractivity contribution >= 4 is 10.1 Å². The van der Waals surface area contributed by atoms with Gasteiger partial charge in [0.1, 0.15) is 0 Å². The Hall–Kier alpha value is -0.910. The Morgan fingerprint density at radius 3 is 2.30 bits per heavy atom. The number of aryl methyl sites for hydroxylation is 1. The second-order valence-corrected chi connectivity index (χ2v) is 8.22. The summed E-state index contributed by atoms with van der Waals surface area (Å²) in [7, 11) is -3.61. The van der Waals surface area contributed by atoms with Crippen molar-refractivity contribution in [1.29, 1.82) is 0 Å². The van der Waals surface area contributed by atoms with E-state index < -0.39 is 10.1 Å². The standard InChI is InChI=1S/C18H28O4S/c1-3-18(14-21-15-18)12-6-4-5-7-13-22-23(19,20)17-10-8-16(2)9-11-17/h8-11H,3-7,12-15H2,1-2H3. The van der Waals surface area contributed by atoms with E-state index >= 15 is 0 Å². The summed E-state index contributed by atoms with van der Waals surface area (Å²) in [6.07, 6.45) is 6.49. The second-order valence-electron chi connectivity index (χ2n) is 6.60. The first kappa shape index (κ1) is 18.4. The highest BCUT2D eigenvalue weighted by Crippen LogP contribution is 2.36. The minimum absolute atomic E-state index is 0.234. The second kappa shape index (κ2) is 8.27. The minimum atomic E-state index is -3.61. The Bertz CT molecular complexity index is 568. The Morgan fingerprint density at radius 1 is 1.09 bits per heavy atom. The zero-order valence-electron chi connectivity index (χ0n) is 14.2. The molecule has 0 amide bonds. The first-order chi connectivity index (χ1) is 11.0. The largest absolute Gasteiger partial charge is 0.380 e. The summed E-state index contributed by atoms with van der Waals surface area (Å²) in [4.78, 5) is 0.234. The van der Waals surface area contributed by atoms with Gasteiger partial charge < -0.3 is 4.74 Å². The molecule has 1 aliphatic rings. The van der Waals surface area contributed by atoms with Crippen LogP contribution in [0, 0.1) is 12.3 Å². The van der Waals surface area contributed by atoms with Crippen molar-refractivity contribution in [3.8, 4) is 0 Å². The highest BCUT2D eigenvalue weighted by atomic mass is 32.2. The Labute approximate surface area is 140 Å². The molecule has 0 saturated carbocycles. The van der Waals surface area contributed by atoms with Crippen LogP contribution in [-0.2, 0) is 19.0 Å². The molecule has 0 bridgehead atoms. The van der Waals surface area contributed by atoms with Gasteiger partial charge in [-0.2, -0.15) is 8.42 Å². The van der Waals surface area contributed by atoms with Gasteiger partial charge in [-0.15, -0.1) is 0 Å². The van der Waals surface area contributed by atoms with Crippen molar-refractivity contribution in [3.63, 3.8) is 0 Å². The van der Waals surface area contributed by atoms with E-state index in [9.17, 15) is 8.42 Å². The van der Waals surface area contributed by atoms with E-state index in [1.807, 2.05) is 6.92 Å². The van der Waals surface area contributed by atoms with Crippen molar-refractivity contribution in [2.45, 2.75) is 57.3 Å². The van der Waals surface area contributed by atoms with Gasteiger partial charge in [-0.05, 0) is 38.3 Å². The third kappa shape index (κ3) is 5.30. The molecule has 0 aliphatic carbocycles. The van der Waals surface area contributed by atoms with Crippen LogP contribution in [0.15, 0.2) is 29.2 Å². The summed E-state index contributed by atoms with van der Waals surface area (Å²) in [5.74, 6) is 0.